The minimum Gasteiger partial charge on any atom is -0.391 e. The second-order valence-electron chi connectivity index (χ2n) is 5.99. The molecule has 0 aromatic carbocycles. The van der Waals surface area contributed by atoms with Crippen LogP contribution in [0.15, 0.2) is 0 Å². The standard InChI is InChI=1S/C14H27NO2/c1-11-3-4-14(16)13(9-11)15-7-5-12(6-8-15)10-17-2/h11-14,16H,3-10H2,1-2H3. The van der Waals surface area contributed by atoms with Gasteiger partial charge < -0.3 is 9.84 Å². The zero-order valence-corrected chi connectivity index (χ0v) is 11.3. The summed E-state index contributed by atoms with van der Waals surface area (Å²) in [6.45, 7) is 5.50. The van der Waals surface area contributed by atoms with E-state index in [4.69, 9.17) is 4.74 Å². The first-order chi connectivity index (χ1) is 8.20. The van der Waals surface area contributed by atoms with Gasteiger partial charge in [-0.1, -0.05) is 6.92 Å². The van der Waals surface area contributed by atoms with Gasteiger partial charge in [0, 0.05) is 19.8 Å². The Morgan fingerprint density at radius 3 is 2.53 bits per heavy atom. The van der Waals surface area contributed by atoms with E-state index in [1.54, 1.807) is 7.11 Å². The molecule has 0 spiro atoms. The average Bonchev–Trinajstić information content (AvgIpc) is 2.34. The molecule has 3 atom stereocenters. The van der Waals surface area contributed by atoms with E-state index in [9.17, 15) is 5.11 Å². The molecular formula is C14H27NO2. The van der Waals surface area contributed by atoms with Crippen molar-refractivity contribution in [2.45, 2.75) is 51.2 Å². The van der Waals surface area contributed by atoms with Crippen molar-refractivity contribution in [1.29, 1.82) is 0 Å². The number of ether oxygens (including phenoxy) is 1. The molecule has 1 aliphatic heterocycles. The lowest BCUT2D eigenvalue weighted by Gasteiger charge is -2.43. The molecule has 1 aliphatic carbocycles. The summed E-state index contributed by atoms with van der Waals surface area (Å²) in [7, 11) is 1.79. The Bertz CT molecular complexity index is 226. The van der Waals surface area contributed by atoms with Crippen molar-refractivity contribution in [3.05, 3.63) is 0 Å². The van der Waals surface area contributed by atoms with E-state index in [2.05, 4.69) is 11.8 Å². The summed E-state index contributed by atoms with van der Waals surface area (Å²) in [5.41, 5.74) is 0. The van der Waals surface area contributed by atoms with Gasteiger partial charge in [-0.2, -0.15) is 0 Å². The highest BCUT2D eigenvalue weighted by Crippen LogP contribution is 2.30. The van der Waals surface area contributed by atoms with Crippen LogP contribution in [0.25, 0.3) is 0 Å². The third-order valence-corrected chi connectivity index (χ3v) is 4.56. The highest BCUT2D eigenvalue weighted by molar-refractivity contribution is 4.87. The van der Waals surface area contributed by atoms with Crippen LogP contribution in [0.3, 0.4) is 0 Å². The van der Waals surface area contributed by atoms with Gasteiger partial charge in [-0.3, -0.25) is 4.90 Å². The zero-order chi connectivity index (χ0) is 12.3. The fraction of sp³-hybridized carbons (Fsp3) is 1.00. The minimum atomic E-state index is -0.0924. The maximum Gasteiger partial charge on any atom is 0.0695 e. The smallest absolute Gasteiger partial charge is 0.0695 e. The van der Waals surface area contributed by atoms with Gasteiger partial charge >= 0.3 is 0 Å². The van der Waals surface area contributed by atoms with Crippen LogP contribution < -0.4 is 0 Å². The molecular weight excluding hydrogens is 214 g/mol. The van der Waals surface area contributed by atoms with Gasteiger partial charge in [0.05, 0.1) is 6.10 Å². The van der Waals surface area contributed by atoms with Gasteiger partial charge in [0.2, 0.25) is 0 Å². The Balaban J connectivity index is 1.82. The van der Waals surface area contributed by atoms with E-state index in [0.717, 1.165) is 38.0 Å². The van der Waals surface area contributed by atoms with E-state index in [1.165, 1.54) is 25.7 Å². The van der Waals surface area contributed by atoms with Gasteiger partial charge in [0.1, 0.15) is 0 Å². The van der Waals surface area contributed by atoms with E-state index < -0.39 is 0 Å². The molecule has 100 valence electrons. The van der Waals surface area contributed by atoms with Gasteiger partial charge in [-0.25, -0.2) is 0 Å². The highest BCUT2D eigenvalue weighted by Gasteiger charge is 2.33. The molecule has 0 aromatic heterocycles. The second kappa shape index (κ2) is 6.17. The molecule has 0 aromatic rings. The lowest BCUT2D eigenvalue weighted by Crippen LogP contribution is -2.50. The van der Waals surface area contributed by atoms with Crippen LogP contribution in [-0.4, -0.2) is 49.0 Å². The van der Waals surface area contributed by atoms with Gasteiger partial charge in [-0.15, -0.1) is 0 Å². The molecule has 1 saturated carbocycles. The summed E-state index contributed by atoms with van der Waals surface area (Å²) in [6.07, 6.45) is 5.72. The SMILES string of the molecule is COCC1CCN(C2CC(C)CCC2O)CC1. The van der Waals surface area contributed by atoms with Gasteiger partial charge in [0.25, 0.3) is 0 Å². The van der Waals surface area contributed by atoms with E-state index in [-0.39, 0.29) is 6.10 Å². The fourth-order valence-electron chi connectivity index (χ4n) is 3.41. The van der Waals surface area contributed by atoms with Gasteiger partial charge in [0.15, 0.2) is 0 Å². The third kappa shape index (κ3) is 3.43. The summed E-state index contributed by atoms with van der Waals surface area (Å²) in [4.78, 5) is 2.52. The summed E-state index contributed by atoms with van der Waals surface area (Å²) in [5.74, 6) is 1.51. The summed E-state index contributed by atoms with van der Waals surface area (Å²) in [5, 5.41) is 10.1. The monoisotopic (exact) mass is 241 g/mol. The van der Waals surface area contributed by atoms with Crippen molar-refractivity contribution < 1.29 is 9.84 Å². The largest absolute Gasteiger partial charge is 0.391 e. The number of methoxy groups -OCH3 is 1. The predicted octanol–water partition coefficient (Wildman–Crippen LogP) is 1.89. The molecule has 1 N–H and O–H groups in total. The minimum absolute atomic E-state index is 0.0924. The average molecular weight is 241 g/mol. The molecule has 1 heterocycles. The molecule has 2 rings (SSSR count). The molecule has 2 aliphatic rings. The lowest BCUT2D eigenvalue weighted by atomic mass is 9.83. The Morgan fingerprint density at radius 2 is 1.88 bits per heavy atom. The number of likely N-dealkylation sites (tertiary alicyclic amines) is 1. The maximum absolute atomic E-state index is 10.1. The molecule has 3 nitrogen and oxygen atoms in total. The van der Waals surface area contributed by atoms with Crippen molar-refractivity contribution in [3.8, 4) is 0 Å². The van der Waals surface area contributed by atoms with Crippen LogP contribution in [0.1, 0.15) is 39.0 Å². The molecule has 3 heteroatoms. The van der Waals surface area contributed by atoms with E-state index >= 15 is 0 Å². The number of aliphatic hydroxyl groups is 1. The molecule has 17 heavy (non-hydrogen) atoms. The van der Waals surface area contributed by atoms with Crippen LogP contribution in [0.2, 0.25) is 0 Å². The summed E-state index contributed by atoms with van der Waals surface area (Å²) in [6, 6.07) is 0.419. The number of rotatable bonds is 3. The molecule has 0 amide bonds. The molecule has 0 radical (unpaired) electrons. The van der Waals surface area contributed by atoms with Crippen LogP contribution in [0.4, 0.5) is 0 Å². The van der Waals surface area contributed by atoms with Gasteiger partial charge in [-0.05, 0) is 57.0 Å². The van der Waals surface area contributed by atoms with Crippen molar-refractivity contribution in [2.24, 2.45) is 11.8 Å². The topological polar surface area (TPSA) is 32.7 Å². The Morgan fingerprint density at radius 1 is 1.18 bits per heavy atom. The number of hydrogen-bond acceptors (Lipinski definition) is 3. The first-order valence-corrected chi connectivity index (χ1v) is 7.11. The van der Waals surface area contributed by atoms with Crippen molar-refractivity contribution in [1.82, 2.24) is 4.90 Å². The Labute approximate surface area is 105 Å². The number of aliphatic hydroxyl groups excluding tert-OH is 1. The first kappa shape index (κ1) is 13.3. The number of piperidine rings is 1. The zero-order valence-electron chi connectivity index (χ0n) is 11.3. The summed E-state index contributed by atoms with van der Waals surface area (Å²) < 4.78 is 5.23. The molecule has 2 fully saturated rings. The van der Waals surface area contributed by atoms with E-state index in [1.807, 2.05) is 0 Å². The van der Waals surface area contributed by atoms with Crippen LogP contribution in [0, 0.1) is 11.8 Å². The Kier molecular flexibility index (Phi) is 4.83. The highest BCUT2D eigenvalue weighted by atomic mass is 16.5. The van der Waals surface area contributed by atoms with Crippen LogP contribution >= 0.6 is 0 Å². The summed E-state index contributed by atoms with van der Waals surface area (Å²) >= 11 is 0. The van der Waals surface area contributed by atoms with Crippen LogP contribution in [0.5, 0.6) is 0 Å². The quantitative estimate of drug-likeness (QED) is 0.819. The second-order valence-corrected chi connectivity index (χ2v) is 5.99. The Hall–Kier alpha value is -0.120. The van der Waals surface area contributed by atoms with Crippen molar-refractivity contribution >= 4 is 0 Å². The number of hydrogen-bond donors (Lipinski definition) is 1. The van der Waals surface area contributed by atoms with E-state index in [0.29, 0.717) is 6.04 Å². The maximum atomic E-state index is 10.1. The molecule has 3 unspecified atom stereocenters. The first-order valence-electron chi connectivity index (χ1n) is 7.11. The lowest BCUT2D eigenvalue weighted by molar-refractivity contribution is -0.0144. The molecule has 0 bridgehead atoms. The predicted molar refractivity (Wildman–Crippen MR) is 69.0 cm³/mol. The third-order valence-electron chi connectivity index (χ3n) is 4.56. The van der Waals surface area contributed by atoms with Crippen molar-refractivity contribution in [3.63, 3.8) is 0 Å². The molecule has 1 saturated heterocycles. The normalized spacial score (nSPS) is 37.2. The fourth-order valence-corrected chi connectivity index (χ4v) is 3.41. The van der Waals surface area contributed by atoms with Crippen molar-refractivity contribution in [2.75, 3.05) is 26.8 Å². The number of nitrogens with zero attached hydrogens (tertiary/aromatic N) is 1. The van der Waals surface area contributed by atoms with Crippen LogP contribution in [-0.2, 0) is 4.74 Å².